The first kappa shape index (κ1) is 16.2. The summed E-state index contributed by atoms with van der Waals surface area (Å²) in [7, 11) is 0. The zero-order chi connectivity index (χ0) is 16.7. The number of benzene rings is 2. The number of rotatable bonds is 4. The minimum atomic E-state index is -0.531. The lowest BCUT2D eigenvalue weighted by molar-refractivity contribution is -0.117. The molecule has 0 aliphatic heterocycles. The zero-order valence-corrected chi connectivity index (χ0v) is 13.1. The summed E-state index contributed by atoms with van der Waals surface area (Å²) in [5.41, 5.74) is 6.32. The lowest BCUT2D eigenvalue weighted by atomic mass is 10.1. The zero-order valence-electron chi connectivity index (χ0n) is 13.1. The highest BCUT2D eigenvalue weighted by Gasteiger charge is 2.07. The van der Waals surface area contributed by atoms with Gasteiger partial charge < -0.3 is 0 Å². The van der Waals surface area contributed by atoms with Crippen molar-refractivity contribution in [1.29, 1.82) is 5.26 Å². The Morgan fingerprint density at radius 2 is 1.52 bits per heavy atom. The van der Waals surface area contributed by atoms with Crippen molar-refractivity contribution in [1.82, 2.24) is 5.43 Å². The van der Waals surface area contributed by atoms with Gasteiger partial charge in [0.25, 0.3) is 5.91 Å². The Morgan fingerprint density at radius 1 is 1.00 bits per heavy atom. The fourth-order valence-electron chi connectivity index (χ4n) is 1.86. The molecule has 114 valence electrons. The maximum absolute atomic E-state index is 12.0. The van der Waals surface area contributed by atoms with Crippen LogP contribution in [0.3, 0.4) is 0 Å². The summed E-state index contributed by atoms with van der Waals surface area (Å²) in [6, 6.07) is 17.2. The molecule has 0 spiro atoms. The predicted molar refractivity (Wildman–Crippen MR) is 91.7 cm³/mol. The first-order valence-electron chi connectivity index (χ1n) is 7.17. The molecule has 0 bridgehead atoms. The van der Waals surface area contributed by atoms with E-state index >= 15 is 0 Å². The van der Waals surface area contributed by atoms with Gasteiger partial charge in [0, 0.05) is 0 Å². The molecule has 0 saturated carbocycles. The number of carbonyl (C=O) groups is 1. The Labute approximate surface area is 135 Å². The molecule has 0 saturated heterocycles. The molecule has 0 aliphatic rings. The van der Waals surface area contributed by atoms with Gasteiger partial charge in [-0.2, -0.15) is 10.4 Å². The number of hydrogen-bond donors (Lipinski definition) is 1. The number of hydrogen-bond acceptors (Lipinski definition) is 3. The van der Waals surface area contributed by atoms with Gasteiger partial charge in [0.15, 0.2) is 0 Å². The maximum atomic E-state index is 12.0. The Kier molecular flexibility index (Phi) is 5.43. The van der Waals surface area contributed by atoms with E-state index in [4.69, 9.17) is 5.26 Å². The second-order valence-corrected chi connectivity index (χ2v) is 5.19. The van der Waals surface area contributed by atoms with E-state index in [1.165, 1.54) is 12.3 Å². The van der Waals surface area contributed by atoms with Gasteiger partial charge in [0.2, 0.25) is 0 Å². The third kappa shape index (κ3) is 4.94. The van der Waals surface area contributed by atoms with E-state index in [1.807, 2.05) is 68.4 Å². The first-order chi connectivity index (χ1) is 11.1. The summed E-state index contributed by atoms with van der Waals surface area (Å²) in [5.74, 6) is -0.531. The fourth-order valence-corrected chi connectivity index (χ4v) is 1.86. The predicted octanol–water partition coefficient (Wildman–Crippen LogP) is 3.36. The lowest BCUT2D eigenvalue weighted by Gasteiger charge is -1.99. The van der Waals surface area contributed by atoms with Gasteiger partial charge in [-0.15, -0.1) is 0 Å². The van der Waals surface area contributed by atoms with Crippen molar-refractivity contribution in [2.24, 2.45) is 5.10 Å². The van der Waals surface area contributed by atoms with Crippen molar-refractivity contribution in [2.75, 3.05) is 0 Å². The van der Waals surface area contributed by atoms with Crippen LogP contribution >= 0.6 is 0 Å². The largest absolute Gasteiger partial charge is 0.282 e. The molecule has 1 amide bonds. The van der Waals surface area contributed by atoms with Gasteiger partial charge in [-0.05, 0) is 31.1 Å². The highest BCUT2D eigenvalue weighted by Crippen LogP contribution is 2.08. The van der Waals surface area contributed by atoms with Crippen LogP contribution in [0, 0.1) is 25.2 Å². The summed E-state index contributed by atoms with van der Waals surface area (Å²) >= 11 is 0. The molecule has 4 nitrogen and oxygen atoms in total. The Balaban J connectivity index is 2.04. The van der Waals surface area contributed by atoms with E-state index in [9.17, 15) is 4.79 Å². The van der Waals surface area contributed by atoms with Gasteiger partial charge in [0.05, 0.1) is 6.21 Å². The normalized spacial score (nSPS) is 11.3. The fraction of sp³-hybridized carbons (Fsp3) is 0.105. The van der Waals surface area contributed by atoms with Crippen molar-refractivity contribution in [3.05, 3.63) is 76.4 Å². The summed E-state index contributed by atoms with van der Waals surface area (Å²) in [6.45, 7) is 3.98. The summed E-state index contributed by atoms with van der Waals surface area (Å²) in [5, 5.41) is 13.0. The smallest absolute Gasteiger partial charge is 0.267 e. The van der Waals surface area contributed by atoms with E-state index in [2.05, 4.69) is 10.5 Å². The molecule has 2 rings (SSSR count). The van der Waals surface area contributed by atoms with Gasteiger partial charge in [-0.3, -0.25) is 4.79 Å². The highest BCUT2D eigenvalue weighted by atomic mass is 16.2. The van der Waals surface area contributed by atoms with Crippen LogP contribution in [-0.2, 0) is 4.79 Å². The van der Waals surface area contributed by atoms with Crippen LogP contribution in [-0.4, -0.2) is 12.1 Å². The SMILES string of the molecule is Cc1ccc(C=NNC(=O)C(C#N)=Cc2ccc(C)cc2)cc1. The van der Waals surface area contributed by atoms with Crippen molar-refractivity contribution < 1.29 is 4.79 Å². The van der Waals surface area contributed by atoms with Crippen LogP contribution in [0.2, 0.25) is 0 Å². The maximum Gasteiger partial charge on any atom is 0.282 e. The molecule has 23 heavy (non-hydrogen) atoms. The molecular formula is C19H17N3O. The van der Waals surface area contributed by atoms with Gasteiger partial charge >= 0.3 is 0 Å². The molecule has 0 atom stereocenters. The molecule has 2 aromatic rings. The third-order valence-electron chi connectivity index (χ3n) is 3.21. The monoisotopic (exact) mass is 303 g/mol. The minimum absolute atomic E-state index is 0.00918. The Morgan fingerprint density at radius 3 is 2.04 bits per heavy atom. The number of carbonyl (C=O) groups excluding carboxylic acids is 1. The van der Waals surface area contributed by atoms with Crippen molar-refractivity contribution >= 4 is 18.2 Å². The molecule has 4 heteroatoms. The number of amides is 1. The van der Waals surface area contributed by atoms with Crippen LogP contribution < -0.4 is 5.43 Å². The van der Waals surface area contributed by atoms with Gasteiger partial charge in [0.1, 0.15) is 11.6 Å². The Bertz CT molecular complexity index is 779. The second-order valence-electron chi connectivity index (χ2n) is 5.19. The topological polar surface area (TPSA) is 65.2 Å². The molecule has 0 aromatic heterocycles. The minimum Gasteiger partial charge on any atom is -0.267 e. The number of nitrogens with one attached hydrogen (secondary N) is 1. The van der Waals surface area contributed by atoms with Gasteiger partial charge in [-0.25, -0.2) is 5.43 Å². The Hall–Kier alpha value is -3.19. The third-order valence-corrected chi connectivity index (χ3v) is 3.21. The number of hydrazone groups is 1. The van der Waals surface area contributed by atoms with Crippen LogP contribution in [0.5, 0.6) is 0 Å². The van der Waals surface area contributed by atoms with Crippen LogP contribution in [0.1, 0.15) is 22.3 Å². The molecule has 0 heterocycles. The van der Waals surface area contributed by atoms with E-state index < -0.39 is 5.91 Å². The average Bonchev–Trinajstić information content (AvgIpc) is 2.56. The second kappa shape index (κ2) is 7.71. The quantitative estimate of drug-likeness (QED) is 0.407. The molecule has 0 aliphatic carbocycles. The summed E-state index contributed by atoms with van der Waals surface area (Å²) < 4.78 is 0. The molecule has 0 radical (unpaired) electrons. The lowest BCUT2D eigenvalue weighted by Crippen LogP contribution is -2.19. The summed E-state index contributed by atoms with van der Waals surface area (Å²) in [6.07, 6.45) is 3.08. The van der Waals surface area contributed by atoms with E-state index in [-0.39, 0.29) is 5.57 Å². The van der Waals surface area contributed by atoms with E-state index in [1.54, 1.807) is 0 Å². The standard InChI is InChI=1S/C19H17N3O/c1-14-3-7-16(8-4-14)11-18(12-20)19(23)22-21-13-17-9-5-15(2)6-10-17/h3-11,13H,1-2H3,(H,22,23). The first-order valence-corrected chi connectivity index (χ1v) is 7.17. The molecule has 2 aromatic carbocycles. The highest BCUT2D eigenvalue weighted by molar-refractivity contribution is 6.01. The average molecular weight is 303 g/mol. The summed E-state index contributed by atoms with van der Waals surface area (Å²) in [4.78, 5) is 12.0. The van der Waals surface area contributed by atoms with Crippen molar-refractivity contribution in [3.63, 3.8) is 0 Å². The van der Waals surface area contributed by atoms with Crippen LogP contribution in [0.15, 0.2) is 59.2 Å². The van der Waals surface area contributed by atoms with Crippen molar-refractivity contribution in [3.8, 4) is 6.07 Å². The molecule has 1 N–H and O–H groups in total. The van der Waals surface area contributed by atoms with Crippen LogP contribution in [0.25, 0.3) is 6.08 Å². The van der Waals surface area contributed by atoms with Gasteiger partial charge in [-0.1, -0.05) is 59.7 Å². The van der Waals surface area contributed by atoms with E-state index in [0.29, 0.717) is 0 Å². The number of nitriles is 1. The van der Waals surface area contributed by atoms with E-state index in [0.717, 1.165) is 22.3 Å². The molecule has 0 unspecified atom stereocenters. The van der Waals surface area contributed by atoms with Crippen LogP contribution in [0.4, 0.5) is 0 Å². The molecular weight excluding hydrogens is 286 g/mol. The number of nitrogens with zero attached hydrogens (tertiary/aromatic N) is 2. The van der Waals surface area contributed by atoms with Crippen molar-refractivity contribution in [2.45, 2.75) is 13.8 Å². The number of aryl methyl sites for hydroxylation is 2. The molecule has 0 fully saturated rings.